The molecule has 4 rings (SSSR count). The molecule has 0 saturated carbocycles. The van der Waals surface area contributed by atoms with E-state index in [-0.39, 0.29) is 5.91 Å². The first kappa shape index (κ1) is 23.8. The van der Waals surface area contributed by atoms with Crippen molar-refractivity contribution in [3.05, 3.63) is 85.5 Å². The van der Waals surface area contributed by atoms with Gasteiger partial charge < -0.3 is 5.32 Å². The predicted octanol–water partition coefficient (Wildman–Crippen LogP) is 5.91. The Kier molecular flexibility index (Phi) is 7.70. The summed E-state index contributed by atoms with van der Waals surface area (Å²) in [4.78, 5) is 17.0. The van der Waals surface area contributed by atoms with Crippen molar-refractivity contribution in [2.45, 2.75) is 31.2 Å². The number of thioether (sulfide) groups is 1. The van der Waals surface area contributed by atoms with Crippen LogP contribution in [0.4, 0.5) is 0 Å². The van der Waals surface area contributed by atoms with Crippen LogP contribution in [0.1, 0.15) is 32.4 Å². The van der Waals surface area contributed by atoms with E-state index in [4.69, 9.17) is 23.2 Å². The number of aromatic nitrogens is 4. The monoisotopic (exact) mass is 517 g/mol. The van der Waals surface area contributed by atoms with Crippen LogP contribution in [0.15, 0.2) is 53.0 Å². The molecule has 0 unspecified atom stereocenters. The minimum absolute atomic E-state index is 0.202. The van der Waals surface area contributed by atoms with E-state index in [0.29, 0.717) is 34.5 Å². The average molecular weight is 518 g/mol. The molecule has 0 radical (unpaired) electrons. The number of hydrogen-bond donors (Lipinski definition) is 1. The van der Waals surface area contributed by atoms with Gasteiger partial charge in [-0.05, 0) is 49.6 Å². The molecular formula is C23H21Cl2N5OS2. The van der Waals surface area contributed by atoms with Crippen molar-refractivity contribution in [3.8, 4) is 5.69 Å². The van der Waals surface area contributed by atoms with E-state index in [1.807, 2.05) is 29.7 Å². The van der Waals surface area contributed by atoms with Gasteiger partial charge in [-0.15, -0.1) is 21.5 Å². The van der Waals surface area contributed by atoms with Crippen molar-refractivity contribution < 1.29 is 4.79 Å². The Balaban J connectivity index is 1.35. The molecule has 10 heteroatoms. The maximum Gasteiger partial charge on any atom is 0.270 e. The van der Waals surface area contributed by atoms with Gasteiger partial charge in [0.05, 0.1) is 11.4 Å². The van der Waals surface area contributed by atoms with Crippen molar-refractivity contribution in [3.63, 3.8) is 0 Å². The lowest BCUT2D eigenvalue weighted by Gasteiger charge is -2.10. The number of thiazole rings is 1. The first-order valence-electron chi connectivity index (χ1n) is 10.2. The zero-order valence-corrected chi connectivity index (χ0v) is 21.2. The van der Waals surface area contributed by atoms with Crippen LogP contribution in [0.5, 0.6) is 0 Å². The molecule has 6 nitrogen and oxygen atoms in total. The average Bonchev–Trinajstić information content (AvgIpc) is 3.41. The number of para-hydroxylation sites is 1. The third-order valence-corrected chi connectivity index (χ3v) is 7.51. The molecule has 0 fully saturated rings. The van der Waals surface area contributed by atoms with Gasteiger partial charge in [-0.3, -0.25) is 9.36 Å². The molecule has 0 aliphatic rings. The summed E-state index contributed by atoms with van der Waals surface area (Å²) < 4.78 is 2.04. The van der Waals surface area contributed by atoms with E-state index >= 15 is 0 Å². The number of carbonyl (C=O) groups excluding carboxylic acids is 1. The summed E-state index contributed by atoms with van der Waals surface area (Å²) in [6.07, 6.45) is 0.614. The largest absolute Gasteiger partial charge is 0.350 e. The molecule has 0 atom stereocenters. The van der Waals surface area contributed by atoms with Gasteiger partial charge in [-0.1, -0.05) is 59.2 Å². The molecule has 4 aromatic rings. The van der Waals surface area contributed by atoms with Gasteiger partial charge in [0.2, 0.25) is 0 Å². The maximum atomic E-state index is 12.5. The standard InChI is InChI=1S/C23H21Cl2N5OS2/c1-14-5-3-4-6-20(14)30-15(2)28-29-23(30)33-13-21-27-19(12-32-21)22(31)26-10-9-16-7-8-17(24)11-18(16)25/h3-8,11-12H,9-10,13H2,1-2H3,(H,26,31). The van der Waals surface area contributed by atoms with Crippen LogP contribution in [0.2, 0.25) is 10.0 Å². The number of halogens is 2. The van der Waals surface area contributed by atoms with Crippen molar-refractivity contribution in [2.24, 2.45) is 0 Å². The highest BCUT2D eigenvalue weighted by atomic mass is 35.5. The third-order valence-electron chi connectivity index (χ3n) is 4.96. The first-order chi connectivity index (χ1) is 15.9. The van der Waals surface area contributed by atoms with Gasteiger partial charge in [-0.25, -0.2) is 4.98 Å². The number of carbonyl (C=O) groups is 1. The molecule has 0 aliphatic carbocycles. The Morgan fingerprint density at radius 3 is 2.76 bits per heavy atom. The Labute approximate surface area is 210 Å². The summed E-state index contributed by atoms with van der Waals surface area (Å²) in [5.41, 5.74) is 3.55. The highest BCUT2D eigenvalue weighted by Gasteiger charge is 2.15. The number of rotatable bonds is 8. The number of amides is 1. The number of hydrogen-bond acceptors (Lipinski definition) is 6. The summed E-state index contributed by atoms with van der Waals surface area (Å²) in [5.74, 6) is 1.22. The van der Waals surface area contributed by atoms with E-state index in [1.165, 1.54) is 11.3 Å². The third kappa shape index (κ3) is 5.76. The summed E-state index contributed by atoms with van der Waals surface area (Å²) in [6, 6.07) is 13.5. The minimum Gasteiger partial charge on any atom is -0.350 e. The van der Waals surface area contributed by atoms with Gasteiger partial charge >= 0.3 is 0 Å². The molecule has 0 spiro atoms. The fraction of sp³-hybridized carbons (Fsp3) is 0.217. The van der Waals surface area contributed by atoms with Crippen LogP contribution in [-0.2, 0) is 12.2 Å². The summed E-state index contributed by atoms with van der Waals surface area (Å²) in [5, 5.41) is 16.1. The minimum atomic E-state index is -0.202. The van der Waals surface area contributed by atoms with E-state index in [9.17, 15) is 4.79 Å². The highest BCUT2D eigenvalue weighted by molar-refractivity contribution is 7.98. The van der Waals surface area contributed by atoms with E-state index in [1.54, 1.807) is 29.3 Å². The molecular weight excluding hydrogens is 497 g/mol. The lowest BCUT2D eigenvalue weighted by molar-refractivity contribution is 0.0949. The smallest absolute Gasteiger partial charge is 0.270 e. The summed E-state index contributed by atoms with van der Waals surface area (Å²) in [7, 11) is 0. The Hall–Kier alpha value is -2.39. The number of aryl methyl sites for hydroxylation is 2. The van der Waals surface area contributed by atoms with Crippen LogP contribution >= 0.6 is 46.3 Å². The summed E-state index contributed by atoms with van der Waals surface area (Å²) >= 11 is 15.1. The van der Waals surface area contributed by atoms with E-state index < -0.39 is 0 Å². The van der Waals surface area contributed by atoms with Crippen LogP contribution in [0.3, 0.4) is 0 Å². The van der Waals surface area contributed by atoms with E-state index in [0.717, 1.165) is 32.8 Å². The Morgan fingerprint density at radius 2 is 1.97 bits per heavy atom. The second-order valence-corrected chi connectivity index (χ2v) is 10.0. The zero-order chi connectivity index (χ0) is 23.4. The molecule has 2 aromatic heterocycles. The lowest BCUT2D eigenvalue weighted by Crippen LogP contribution is -2.26. The quantitative estimate of drug-likeness (QED) is 0.294. The topological polar surface area (TPSA) is 72.7 Å². The molecule has 2 aromatic carbocycles. The summed E-state index contributed by atoms with van der Waals surface area (Å²) in [6.45, 7) is 4.46. The van der Waals surface area contributed by atoms with Crippen LogP contribution in [-0.4, -0.2) is 32.2 Å². The van der Waals surface area contributed by atoms with Crippen molar-refractivity contribution in [2.75, 3.05) is 6.54 Å². The Bertz CT molecular complexity index is 1290. The molecule has 0 saturated heterocycles. The number of nitrogens with zero attached hydrogens (tertiary/aromatic N) is 4. The van der Waals surface area contributed by atoms with Crippen LogP contribution in [0.25, 0.3) is 5.69 Å². The number of benzene rings is 2. The molecule has 1 amide bonds. The van der Waals surface area contributed by atoms with Gasteiger partial charge in [0.25, 0.3) is 5.91 Å². The molecule has 0 aliphatic heterocycles. The second-order valence-electron chi connectivity index (χ2n) is 7.31. The first-order valence-corrected chi connectivity index (χ1v) is 12.8. The molecule has 33 heavy (non-hydrogen) atoms. The Morgan fingerprint density at radius 1 is 1.15 bits per heavy atom. The number of nitrogens with one attached hydrogen (secondary N) is 1. The molecule has 1 N–H and O–H groups in total. The van der Waals surface area contributed by atoms with Gasteiger partial charge in [0, 0.05) is 22.0 Å². The molecule has 2 heterocycles. The van der Waals surface area contributed by atoms with Crippen molar-refractivity contribution >= 4 is 52.2 Å². The van der Waals surface area contributed by atoms with E-state index in [2.05, 4.69) is 39.6 Å². The molecule has 0 bridgehead atoms. The second kappa shape index (κ2) is 10.7. The van der Waals surface area contributed by atoms with Gasteiger partial charge in [-0.2, -0.15) is 0 Å². The lowest BCUT2D eigenvalue weighted by atomic mass is 10.1. The molecule has 170 valence electrons. The van der Waals surface area contributed by atoms with Crippen LogP contribution in [0, 0.1) is 13.8 Å². The van der Waals surface area contributed by atoms with Crippen LogP contribution < -0.4 is 5.32 Å². The normalized spacial score (nSPS) is 11.0. The fourth-order valence-corrected chi connectivity index (χ4v) is 5.55. The van der Waals surface area contributed by atoms with Gasteiger partial charge in [0.1, 0.15) is 16.5 Å². The fourth-order valence-electron chi connectivity index (χ4n) is 3.26. The predicted molar refractivity (Wildman–Crippen MR) is 135 cm³/mol. The zero-order valence-electron chi connectivity index (χ0n) is 18.0. The van der Waals surface area contributed by atoms with Gasteiger partial charge in [0.15, 0.2) is 5.16 Å². The van der Waals surface area contributed by atoms with Crippen molar-refractivity contribution in [1.29, 1.82) is 0 Å². The van der Waals surface area contributed by atoms with Crippen molar-refractivity contribution in [1.82, 2.24) is 25.1 Å². The maximum absolute atomic E-state index is 12.5. The SMILES string of the molecule is Cc1ccccc1-n1c(C)nnc1SCc1nc(C(=O)NCCc2ccc(Cl)cc2Cl)cs1. The highest BCUT2D eigenvalue weighted by Crippen LogP contribution is 2.27.